The second-order valence-electron chi connectivity index (χ2n) is 5.52. The minimum atomic E-state index is -0.368. The number of amides is 1. The predicted molar refractivity (Wildman–Crippen MR) is 93.4 cm³/mol. The van der Waals surface area contributed by atoms with Crippen molar-refractivity contribution in [2.24, 2.45) is 0 Å². The van der Waals surface area contributed by atoms with E-state index in [1.807, 2.05) is 13.1 Å². The van der Waals surface area contributed by atoms with Crippen LogP contribution in [0.15, 0.2) is 42.7 Å². The summed E-state index contributed by atoms with van der Waals surface area (Å²) in [4.78, 5) is 12.2. The lowest BCUT2D eigenvalue weighted by Gasteiger charge is -2.03. The van der Waals surface area contributed by atoms with Crippen LogP contribution in [0.4, 0.5) is 5.82 Å². The van der Waals surface area contributed by atoms with Crippen molar-refractivity contribution in [3.8, 4) is 0 Å². The van der Waals surface area contributed by atoms with Gasteiger partial charge in [0.05, 0.1) is 11.6 Å². The highest BCUT2D eigenvalue weighted by molar-refractivity contribution is 6.34. The van der Waals surface area contributed by atoms with Crippen LogP contribution in [0.25, 0.3) is 0 Å². The number of anilines is 1. The van der Waals surface area contributed by atoms with E-state index in [4.69, 9.17) is 11.6 Å². The summed E-state index contributed by atoms with van der Waals surface area (Å²) in [5, 5.41) is 11.6. The first-order valence-electron chi connectivity index (χ1n) is 7.68. The SMILES string of the molecule is CCn1cc(Cl)c(C(=O)Nc2ccn(Cc3ccc(C)cc3)n2)n1. The normalized spacial score (nSPS) is 10.8. The van der Waals surface area contributed by atoms with E-state index < -0.39 is 0 Å². The number of hydrogen-bond acceptors (Lipinski definition) is 3. The van der Waals surface area contributed by atoms with Gasteiger partial charge in [-0.1, -0.05) is 41.4 Å². The summed E-state index contributed by atoms with van der Waals surface area (Å²) in [7, 11) is 0. The molecule has 0 saturated carbocycles. The molecule has 0 spiro atoms. The number of carbonyl (C=O) groups excluding carboxylic acids is 1. The van der Waals surface area contributed by atoms with Crippen molar-refractivity contribution >= 4 is 23.3 Å². The molecule has 2 heterocycles. The Bertz CT molecular complexity index is 850. The van der Waals surface area contributed by atoms with Gasteiger partial charge in [0, 0.05) is 25.0 Å². The molecule has 6 nitrogen and oxygen atoms in total. The van der Waals surface area contributed by atoms with Crippen molar-refractivity contribution in [1.82, 2.24) is 19.6 Å². The average molecular weight is 344 g/mol. The maximum absolute atomic E-state index is 12.2. The Balaban J connectivity index is 1.68. The summed E-state index contributed by atoms with van der Waals surface area (Å²) < 4.78 is 3.39. The van der Waals surface area contributed by atoms with E-state index in [0.717, 1.165) is 5.56 Å². The Labute approximate surface area is 145 Å². The van der Waals surface area contributed by atoms with Crippen LogP contribution in [0.1, 0.15) is 28.5 Å². The number of aryl methyl sites for hydroxylation is 2. The minimum Gasteiger partial charge on any atom is -0.304 e. The molecule has 0 fully saturated rings. The lowest BCUT2D eigenvalue weighted by molar-refractivity contribution is 0.102. The molecule has 0 atom stereocenters. The van der Waals surface area contributed by atoms with Gasteiger partial charge >= 0.3 is 0 Å². The highest BCUT2D eigenvalue weighted by atomic mass is 35.5. The average Bonchev–Trinajstić information content (AvgIpc) is 3.16. The summed E-state index contributed by atoms with van der Waals surface area (Å²) in [5.41, 5.74) is 2.56. The van der Waals surface area contributed by atoms with Crippen LogP contribution in [-0.4, -0.2) is 25.5 Å². The number of halogens is 1. The van der Waals surface area contributed by atoms with E-state index in [0.29, 0.717) is 23.9 Å². The first-order chi connectivity index (χ1) is 11.5. The quantitative estimate of drug-likeness (QED) is 0.772. The summed E-state index contributed by atoms with van der Waals surface area (Å²) in [5.74, 6) is 0.0991. The number of rotatable bonds is 5. The number of aromatic nitrogens is 4. The van der Waals surface area contributed by atoms with E-state index in [-0.39, 0.29) is 11.6 Å². The number of hydrogen-bond donors (Lipinski definition) is 1. The predicted octanol–water partition coefficient (Wildman–Crippen LogP) is 3.36. The van der Waals surface area contributed by atoms with Crippen molar-refractivity contribution in [2.45, 2.75) is 26.9 Å². The molecule has 24 heavy (non-hydrogen) atoms. The third-order valence-electron chi connectivity index (χ3n) is 3.60. The monoisotopic (exact) mass is 343 g/mol. The number of nitrogens with one attached hydrogen (secondary N) is 1. The second kappa shape index (κ2) is 6.88. The summed E-state index contributed by atoms with van der Waals surface area (Å²) in [6.45, 7) is 5.27. The van der Waals surface area contributed by atoms with Gasteiger partial charge in [0.25, 0.3) is 5.91 Å². The van der Waals surface area contributed by atoms with Crippen molar-refractivity contribution in [2.75, 3.05) is 5.32 Å². The fourth-order valence-electron chi connectivity index (χ4n) is 2.29. The van der Waals surface area contributed by atoms with Crippen molar-refractivity contribution in [1.29, 1.82) is 0 Å². The molecule has 3 rings (SSSR count). The van der Waals surface area contributed by atoms with Crippen LogP contribution in [0.2, 0.25) is 5.02 Å². The first kappa shape index (κ1) is 16.3. The van der Waals surface area contributed by atoms with E-state index >= 15 is 0 Å². The molecule has 7 heteroatoms. The van der Waals surface area contributed by atoms with Gasteiger partial charge < -0.3 is 5.32 Å². The van der Waals surface area contributed by atoms with E-state index in [9.17, 15) is 4.79 Å². The van der Waals surface area contributed by atoms with Crippen molar-refractivity contribution in [3.63, 3.8) is 0 Å². The van der Waals surface area contributed by atoms with Crippen LogP contribution in [0, 0.1) is 6.92 Å². The van der Waals surface area contributed by atoms with Crippen LogP contribution in [0.3, 0.4) is 0 Å². The lowest BCUT2D eigenvalue weighted by atomic mass is 10.1. The fourth-order valence-corrected chi connectivity index (χ4v) is 2.52. The Kier molecular flexibility index (Phi) is 4.66. The van der Waals surface area contributed by atoms with Gasteiger partial charge in [-0.2, -0.15) is 10.2 Å². The number of benzene rings is 1. The molecular weight excluding hydrogens is 326 g/mol. The summed E-state index contributed by atoms with van der Waals surface area (Å²) in [6.07, 6.45) is 3.45. The van der Waals surface area contributed by atoms with Gasteiger partial charge in [0.2, 0.25) is 0 Å². The molecule has 1 aromatic carbocycles. The molecule has 0 aliphatic carbocycles. The smallest absolute Gasteiger partial charge is 0.278 e. The van der Waals surface area contributed by atoms with Crippen LogP contribution >= 0.6 is 11.6 Å². The molecule has 1 N–H and O–H groups in total. The standard InChI is InChI=1S/C17H18ClN5O/c1-3-22-11-14(18)16(21-22)17(24)19-15-8-9-23(20-15)10-13-6-4-12(2)5-7-13/h4-9,11H,3,10H2,1-2H3,(H,19,20,24). The number of nitrogens with zero attached hydrogens (tertiary/aromatic N) is 4. The molecule has 2 aromatic heterocycles. The second-order valence-corrected chi connectivity index (χ2v) is 5.93. The van der Waals surface area contributed by atoms with E-state index in [1.54, 1.807) is 21.6 Å². The minimum absolute atomic E-state index is 0.201. The Morgan fingerprint density at radius 1 is 1.17 bits per heavy atom. The van der Waals surface area contributed by atoms with Gasteiger partial charge in [0.1, 0.15) is 0 Å². The van der Waals surface area contributed by atoms with Gasteiger partial charge in [-0.25, -0.2) is 0 Å². The van der Waals surface area contributed by atoms with Gasteiger partial charge in [-0.3, -0.25) is 14.2 Å². The molecular formula is C17H18ClN5O. The zero-order valence-electron chi connectivity index (χ0n) is 13.5. The highest BCUT2D eigenvalue weighted by Crippen LogP contribution is 2.16. The van der Waals surface area contributed by atoms with Crippen LogP contribution < -0.4 is 5.32 Å². The molecule has 0 radical (unpaired) electrons. The lowest BCUT2D eigenvalue weighted by Crippen LogP contribution is -2.14. The largest absolute Gasteiger partial charge is 0.304 e. The summed E-state index contributed by atoms with van der Waals surface area (Å²) >= 11 is 6.04. The van der Waals surface area contributed by atoms with Crippen molar-refractivity contribution in [3.05, 3.63) is 64.6 Å². The molecule has 0 aliphatic rings. The fraction of sp³-hybridized carbons (Fsp3) is 0.235. The molecule has 0 aliphatic heterocycles. The first-order valence-corrected chi connectivity index (χ1v) is 8.06. The van der Waals surface area contributed by atoms with Gasteiger partial charge in [-0.15, -0.1) is 0 Å². The maximum atomic E-state index is 12.2. The molecule has 0 bridgehead atoms. The third kappa shape index (κ3) is 3.65. The molecule has 0 saturated heterocycles. The van der Waals surface area contributed by atoms with E-state index in [2.05, 4.69) is 46.7 Å². The number of carbonyl (C=O) groups is 1. The van der Waals surface area contributed by atoms with Crippen LogP contribution in [-0.2, 0) is 13.1 Å². The van der Waals surface area contributed by atoms with Gasteiger partial charge in [0.15, 0.2) is 11.5 Å². The molecule has 1 amide bonds. The zero-order valence-corrected chi connectivity index (χ0v) is 14.3. The Hall–Kier alpha value is -2.60. The summed E-state index contributed by atoms with van der Waals surface area (Å²) in [6, 6.07) is 10.00. The molecule has 0 unspecified atom stereocenters. The highest BCUT2D eigenvalue weighted by Gasteiger charge is 2.16. The Morgan fingerprint density at radius 3 is 2.58 bits per heavy atom. The van der Waals surface area contributed by atoms with Crippen molar-refractivity contribution < 1.29 is 4.79 Å². The van der Waals surface area contributed by atoms with Gasteiger partial charge in [-0.05, 0) is 19.4 Å². The maximum Gasteiger partial charge on any atom is 0.278 e. The van der Waals surface area contributed by atoms with E-state index in [1.165, 1.54) is 5.56 Å². The third-order valence-corrected chi connectivity index (χ3v) is 3.88. The zero-order chi connectivity index (χ0) is 17.1. The topological polar surface area (TPSA) is 64.7 Å². The molecule has 3 aromatic rings. The van der Waals surface area contributed by atoms with Crippen LogP contribution in [0.5, 0.6) is 0 Å². The molecule has 124 valence electrons. The Morgan fingerprint density at radius 2 is 1.92 bits per heavy atom.